The fourth-order valence-electron chi connectivity index (χ4n) is 3.60. The third kappa shape index (κ3) is 5.34. The van der Waals surface area contributed by atoms with Crippen molar-refractivity contribution in [1.29, 1.82) is 5.41 Å². The molecular formula is C24H24N4O7S. The molecule has 0 spiro atoms. The molecule has 0 aliphatic heterocycles. The maximum atomic E-state index is 13.5. The Morgan fingerprint density at radius 2 is 1.58 bits per heavy atom. The molecule has 3 aromatic rings. The van der Waals surface area contributed by atoms with Crippen LogP contribution in [0, 0.1) is 5.41 Å². The van der Waals surface area contributed by atoms with Gasteiger partial charge >= 0.3 is 11.9 Å². The number of carboxylic acid groups (broad SMARTS) is 2. The summed E-state index contributed by atoms with van der Waals surface area (Å²) in [5.41, 5.74) is 12.2. The summed E-state index contributed by atoms with van der Waals surface area (Å²) < 4.78 is 26.9. The van der Waals surface area contributed by atoms with Crippen molar-refractivity contribution >= 4 is 44.3 Å². The second kappa shape index (κ2) is 10.1. The van der Waals surface area contributed by atoms with Gasteiger partial charge in [-0.3, -0.25) is 15.0 Å². The van der Waals surface area contributed by atoms with Crippen molar-refractivity contribution in [3.05, 3.63) is 77.9 Å². The highest BCUT2D eigenvalue weighted by Crippen LogP contribution is 2.28. The van der Waals surface area contributed by atoms with Gasteiger partial charge in [-0.1, -0.05) is 54.6 Å². The first kappa shape index (κ1) is 26.3. The highest BCUT2D eigenvalue weighted by atomic mass is 32.2. The lowest BCUT2D eigenvalue weighted by atomic mass is 10.0. The van der Waals surface area contributed by atoms with Gasteiger partial charge in [0.25, 0.3) is 5.91 Å². The number of carbonyl (C=O) groups is 3. The van der Waals surface area contributed by atoms with E-state index in [4.69, 9.17) is 16.9 Å². The standard InChI is InChI=1S/C24H24N4O7S/c25-21(26)16-7-5-14(6-8-16)11-19(22(31)32)28-23(33)24(27,13-20(29)30)36(34,35)18-10-9-15-3-1-2-4-17(15)12-18/h1-10,12,19H,11,13,27H2,(H3,25,26)(H,28,33)(H,29,30)(H,31,32)/t19-,24+/m0/s1. The molecule has 0 fully saturated rings. The average molecular weight is 513 g/mol. The predicted molar refractivity (Wildman–Crippen MR) is 131 cm³/mol. The molecule has 0 saturated carbocycles. The molecule has 0 heterocycles. The monoisotopic (exact) mass is 512 g/mol. The summed E-state index contributed by atoms with van der Waals surface area (Å²) in [5.74, 6) is -4.81. The van der Waals surface area contributed by atoms with Gasteiger partial charge in [-0.15, -0.1) is 0 Å². The summed E-state index contributed by atoms with van der Waals surface area (Å²) in [4.78, 5) is 33.2. The van der Waals surface area contributed by atoms with E-state index in [-0.39, 0.29) is 17.2 Å². The SMILES string of the molecule is N=C(N)c1ccc(C[C@H](NC(=O)[C@@](N)(CC(=O)O)S(=O)(=O)c2ccc3ccccc3c2)C(=O)O)cc1. The Kier molecular flexibility index (Phi) is 7.41. The zero-order valence-electron chi connectivity index (χ0n) is 18.8. The lowest BCUT2D eigenvalue weighted by Crippen LogP contribution is -2.62. The second-order valence-corrected chi connectivity index (χ2v) is 10.4. The molecule has 0 bridgehead atoms. The Hall–Kier alpha value is -4.29. The van der Waals surface area contributed by atoms with E-state index < -0.39 is 45.0 Å². The molecule has 0 aliphatic rings. The van der Waals surface area contributed by atoms with Gasteiger partial charge in [-0.05, 0) is 28.5 Å². The van der Waals surface area contributed by atoms with Crippen molar-refractivity contribution in [2.45, 2.75) is 28.6 Å². The number of amides is 1. The van der Waals surface area contributed by atoms with Crippen molar-refractivity contribution in [3.8, 4) is 0 Å². The average Bonchev–Trinajstić information content (AvgIpc) is 2.82. The van der Waals surface area contributed by atoms with Crippen LogP contribution in [-0.2, 0) is 30.6 Å². The fraction of sp³-hybridized carbons (Fsp3) is 0.167. The first-order valence-electron chi connectivity index (χ1n) is 10.6. The van der Waals surface area contributed by atoms with E-state index in [1.807, 2.05) is 0 Å². The maximum Gasteiger partial charge on any atom is 0.326 e. The molecular weight excluding hydrogens is 488 g/mol. The summed E-state index contributed by atoms with van der Waals surface area (Å²) in [5, 5.41) is 29.7. The largest absolute Gasteiger partial charge is 0.481 e. The van der Waals surface area contributed by atoms with E-state index in [9.17, 15) is 33.0 Å². The molecule has 0 aromatic heterocycles. The molecule has 0 radical (unpaired) electrons. The molecule has 3 rings (SSSR count). The van der Waals surface area contributed by atoms with Crippen LogP contribution in [0.15, 0.2) is 71.6 Å². The number of benzene rings is 3. The van der Waals surface area contributed by atoms with Gasteiger partial charge in [0.15, 0.2) is 0 Å². The van der Waals surface area contributed by atoms with Crippen LogP contribution in [0.3, 0.4) is 0 Å². The number of nitrogens with two attached hydrogens (primary N) is 2. The lowest BCUT2D eigenvalue weighted by molar-refractivity contribution is -0.143. The molecule has 12 heteroatoms. The van der Waals surface area contributed by atoms with E-state index in [1.54, 1.807) is 24.3 Å². The fourth-order valence-corrected chi connectivity index (χ4v) is 5.17. The van der Waals surface area contributed by atoms with Crippen molar-refractivity contribution in [3.63, 3.8) is 0 Å². The van der Waals surface area contributed by atoms with Gasteiger partial charge in [-0.2, -0.15) is 0 Å². The van der Waals surface area contributed by atoms with Gasteiger partial charge < -0.3 is 27.0 Å². The van der Waals surface area contributed by atoms with Crippen LogP contribution in [0.1, 0.15) is 17.5 Å². The normalized spacial score (nSPS) is 13.9. The van der Waals surface area contributed by atoms with E-state index in [0.717, 1.165) is 0 Å². The lowest BCUT2D eigenvalue weighted by Gasteiger charge is -2.28. The number of hydrogen-bond donors (Lipinski definition) is 6. The second-order valence-electron chi connectivity index (χ2n) is 8.15. The van der Waals surface area contributed by atoms with Crippen molar-refractivity contribution < 1.29 is 33.0 Å². The Balaban J connectivity index is 1.95. The highest BCUT2D eigenvalue weighted by Gasteiger charge is 2.50. The van der Waals surface area contributed by atoms with Gasteiger partial charge in [0, 0.05) is 12.0 Å². The molecule has 2 atom stereocenters. The van der Waals surface area contributed by atoms with Crippen LogP contribution >= 0.6 is 0 Å². The van der Waals surface area contributed by atoms with Gasteiger partial charge in [0.05, 0.1) is 11.3 Å². The maximum absolute atomic E-state index is 13.5. The minimum absolute atomic E-state index is 0.190. The third-order valence-electron chi connectivity index (χ3n) is 5.62. The molecule has 3 aromatic carbocycles. The summed E-state index contributed by atoms with van der Waals surface area (Å²) in [6.07, 6.45) is -1.56. The number of nitrogen functional groups attached to an aromatic ring is 1. The quantitative estimate of drug-likeness (QED) is 0.167. The number of carbonyl (C=O) groups excluding carboxylic acids is 1. The van der Waals surface area contributed by atoms with E-state index >= 15 is 0 Å². The minimum atomic E-state index is -4.79. The molecule has 188 valence electrons. The zero-order valence-corrected chi connectivity index (χ0v) is 19.7. The number of sulfone groups is 1. The van der Waals surface area contributed by atoms with Crippen molar-refractivity contribution in [1.82, 2.24) is 5.32 Å². The van der Waals surface area contributed by atoms with Gasteiger partial charge in [0.1, 0.15) is 11.9 Å². The summed E-state index contributed by atoms with van der Waals surface area (Å²) in [6, 6.07) is 15.1. The van der Waals surface area contributed by atoms with E-state index in [1.165, 1.54) is 42.5 Å². The number of fused-ring (bicyclic) bond motifs is 1. The van der Waals surface area contributed by atoms with Gasteiger partial charge in [0.2, 0.25) is 14.7 Å². The zero-order chi connectivity index (χ0) is 26.7. The molecule has 1 amide bonds. The van der Waals surface area contributed by atoms with Crippen LogP contribution in [0.2, 0.25) is 0 Å². The number of carboxylic acids is 2. The predicted octanol–water partition coefficient (Wildman–Crippen LogP) is 0.839. The van der Waals surface area contributed by atoms with E-state index in [0.29, 0.717) is 21.9 Å². The first-order chi connectivity index (χ1) is 16.8. The number of amidine groups is 1. The van der Waals surface area contributed by atoms with Gasteiger partial charge in [-0.25, -0.2) is 13.2 Å². The number of rotatable bonds is 10. The first-order valence-corrected chi connectivity index (χ1v) is 12.0. The molecule has 0 saturated heterocycles. The molecule has 11 nitrogen and oxygen atoms in total. The highest BCUT2D eigenvalue weighted by molar-refractivity contribution is 7.93. The topological polar surface area (TPSA) is 214 Å². The number of hydrogen-bond acceptors (Lipinski definition) is 7. The Morgan fingerprint density at radius 1 is 0.972 bits per heavy atom. The molecule has 8 N–H and O–H groups in total. The van der Waals surface area contributed by atoms with Crippen LogP contribution in [0.5, 0.6) is 0 Å². The van der Waals surface area contributed by atoms with Crippen LogP contribution < -0.4 is 16.8 Å². The van der Waals surface area contributed by atoms with Crippen LogP contribution in [0.4, 0.5) is 0 Å². The Bertz CT molecular complexity index is 1450. The van der Waals surface area contributed by atoms with Crippen molar-refractivity contribution in [2.75, 3.05) is 0 Å². The molecule has 0 unspecified atom stereocenters. The Labute approximate surface area is 206 Å². The van der Waals surface area contributed by atoms with E-state index in [2.05, 4.69) is 5.32 Å². The smallest absolute Gasteiger partial charge is 0.326 e. The van der Waals surface area contributed by atoms with Crippen molar-refractivity contribution in [2.24, 2.45) is 11.5 Å². The summed E-state index contributed by atoms with van der Waals surface area (Å²) in [6.45, 7) is 0. The Morgan fingerprint density at radius 3 is 2.14 bits per heavy atom. The number of nitrogens with one attached hydrogen (secondary N) is 2. The summed E-state index contributed by atoms with van der Waals surface area (Å²) >= 11 is 0. The summed E-state index contributed by atoms with van der Waals surface area (Å²) in [7, 11) is -4.79. The van der Waals surface area contributed by atoms with Crippen LogP contribution in [-0.4, -0.2) is 53.2 Å². The minimum Gasteiger partial charge on any atom is -0.481 e. The molecule has 36 heavy (non-hydrogen) atoms. The number of aliphatic carboxylic acids is 2. The third-order valence-corrected chi connectivity index (χ3v) is 7.78. The van der Waals surface area contributed by atoms with Crippen LogP contribution in [0.25, 0.3) is 10.8 Å². The molecule has 0 aliphatic carbocycles.